The van der Waals surface area contributed by atoms with Gasteiger partial charge in [0.25, 0.3) is 0 Å². The van der Waals surface area contributed by atoms with Crippen LogP contribution in [0.5, 0.6) is 0 Å². The highest BCUT2D eigenvalue weighted by molar-refractivity contribution is 5.44. The number of aliphatic hydroxyl groups excluding tert-OH is 1. The van der Waals surface area contributed by atoms with E-state index in [9.17, 15) is 0 Å². The molecular formula is C9H15N3O2. The Labute approximate surface area is 82.9 Å². The van der Waals surface area contributed by atoms with Crippen molar-refractivity contribution in [3.05, 3.63) is 18.3 Å². The first-order chi connectivity index (χ1) is 6.76. The SMILES string of the molecule is COCC(CO)Nc1ccc(N)cn1. The van der Waals surface area contributed by atoms with Crippen LogP contribution < -0.4 is 11.1 Å². The molecule has 1 rings (SSSR count). The van der Waals surface area contributed by atoms with Gasteiger partial charge in [-0.05, 0) is 12.1 Å². The predicted octanol–water partition coefficient (Wildman–Crippen LogP) is 0.0830. The van der Waals surface area contributed by atoms with Gasteiger partial charge in [-0.25, -0.2) is 4.98 Å². The summed E-state index contributed by atoms with van der Waals surface area (Å²) in [6, 6.07) is 3.36. The van der Waals surface area contributed by atoms with Crippen LogP contribution in [0.15, 0.2) is 18.3 Å². The highest BCUT2D eigenvalue weighted by Gasteiger charge is 2.06. The maximum atomic E-state index is 8.98. The van der Waals surface area contributed by atoms with Crippen molar-refractivity contribution in [3.8, 4) is 0 Å². The van der Waals surface area contributed by atoms with Crippen molar-refractivity contribution in [2.75, 3.05) is 31.4 Å². The summed E-state index contributed by atoms with van der Waals surface area (Å²) in [5.74, 6) is 0.676. The lowest BCUT2D eigenvalue weighted by molar-refractivity contribution is 0.153. The standard InChI is InChI=1S/C9H15N3O2/c1-14-6-8(5-13)12-9-3-2-7(10)4-11-9/h2-4,8,13H,5-6,10H2,1H3,(H,11,12). The number of rotatable bonds is 5. The molecule has 14 heavy (non-hydrogen) atoms. The molecule has 0 aliphatic carbocycles. The van der Waals surface area contributed by atoms with E-state index in [-0.39, 0.29) is 12.6 Å². The first-order valence-corrected chi connectivity index (χ1v) is 4.34. The molecule has 0 aromatic carbocycles. The van der Waals surface area contributed by atoms with E-state index < -0.39 is 0 Å². The summed E-state index contributed by atoms with van der Waals surface area (Å²) >= 11 is 0. The van der Waals surface area contributed by atoms with Gasteiger partial charge in [-0.2, -0.15) is 0 Å². The molecular weight excluding hydrogens is 182 g/mol. The Bertz CT molecular complexity index is 263. The number of nitrogen functional groups attached to an aromatic ring is 1. The molecule has 0 amide bonds. The fourth-order valence-corrected chi connectivity index (χ4v) is 1.04. The minimum Gasteiger partial charge on any atom is -0.397 e. The molecule has 0 radical (unpaired) electrons. The molecule has 1 heterocycles. The largest absolute Gasteiger partial charge is 0.397 e. The van der Waals surface area contributed by atoms with Crippen LogP contribution in [0, 0.1) is 0 Å². The minimum atomic E-state index is -0.142. The number of nitrogens with two attached hydrogens (primary N) is 1. The fraction of sp³-hybridized carbons (Fsp3) is 0.444. The van der Waals surface area contributed by atoms with Crippen LogP contribution in [0.25, 0.3) is 0 Å². The number of anilines is 2. The summed E-state index contributed by atoms with van der Waals surface area (Å²) in [5.41, 5.74) is 6.10. The Morgan fingerprint density at radius 3 is 2.93 bits per heavy atom. The molecule has 1 atom stereocenters. The normalized spacial score (nSPS) is 12.4. The van der Waals surface area contributed by atoms with Crippen molar-refractivity contribution >= 4 is 11.5 Å². The maximum absolute atomic E-state index is 8.98. The van der Waals surface area contributed by atoms with Gasteiger partial charge < -0.3 is 20.9 Å². The lowest BCUT2D eigenvalue weighted by Crippen LogP contribution is -2.29. The third kappa shape index (κ3) is 3.20. The molecule has 78 valence electrons. The van der Waals surface area contributed by atoms with Gasteiger partial charge in [0.15, 0.2) is 0 Å². The first kappa shape index (κ1) is 10.7. The van der Waals surface area contributed by atoms with Crippen molar-refractivity contribution in [2.45, 2.75) is 6.04 Å². The summed E-state index contributed by atoms with van der Waals surface area (Å²) < 4.78 is 4.92. The molecule has 5 nitrogen and oxygen atoms in total. The molecule has 0 bridgehead atoms. The van der Waals surface area contributed by atoms with Crippen LogP contribution in [-0.4, -0.2) is 36.5 Å². The van der Waals surface area contributed by atoms with Crippen molar-refractivity contribution in [1.29, 1.82) is 0 Å². The van der Waals surface area contributed by atoms with Crippen molar-refractivity contribution in [3.63, 3.8) is 0 Å². The fourth-order valence-electron chi connectivity index (χ4n) is 1.04. The number of hydrogen-bond donors (Lipinski definition) is 3. The van der Waals surface area contributed by atoms with Crippen LogP contribution in [0.4, 0.5) is 11.5 Å². The molecule has 0 fully saturated rings. The summed E-state index contributed by atoms with van der Waals surface area (Å²) in [6.45, 7) is 0.433. The zero-order chi connectivity index (χ0) is 10.4. The minimum absolute atomic E-state index is 0.000103. The monoisotopic (exact) mass is 197 g/mol. The van der Waals surface area contributed by atoms with Gasteiger partial charge in [-0.1, -0.05) is 0 Å². The molecule has 5 heteroatoms. The second-order valence-electron chi connectivity index (χ2n) is 2.96. The molecule has 1 unspecified atom stereocenters. The van der Waals surface area contributed by atoms with E-state index >= 15 is 0 Å². The average molecular weight is 197 g/mol. The van der Waals surface area contributed by atoms with Crippen LogP contribution in [0.3, 0.4) is 0 Å². The zero-order valence-corrected chi connectivity index (χ0v) is 8.10. The Hall–Kier alpha value is -1.33. The smallest absolute Gasteiger partial charge is 0.126 e. The van der Waals surface area contributed by atoms with Crippen LogP contribution in [0.2, 0.25) is 0 Å². The lowest BCUT2D eigenvalue weighted by Gasteiger charge is -2.15. The van der Waals surface area contributed by atoms with Crippen LogP contribution in [-0.2, 0) is 4.74 Å². The van der Waals surface area contributed by atoms with Gasteiger partial charge in [-0.15, -0.1) is 0 Å². The van der Waals surface area contributed by atoms with E-state index in [0.29, 0.717) is 18.1 Å². The van der Waals surface area contributed by atoms with Crippen molar-refractivity contribution in [2.24, 2.45) is 0 Å². The number of nitrogens with zero attached hydrogens (tertiary/aromatic N) is 1. The van der Waals surface area contributed by atoms with Crippen LogP contribution in [0.1, 0.15) is 0 Å². The second kappa shape index (κ2) is 5.41. The molecule has 4 N–H and O–H groups in total. The number of aliphatic hydroxyl groups is 1. The van der Waals surface area contributed by atoms with Crippen LogP contribution >= 0.6 is 0 Å². The first-order valence-electron chi connectivity index (χ1n) is 4.34. The van der Waals surface area contributed by atoms with E-state index in [4.69, 9.17) is 15.6 Å². The Morgan fingerprint density at radius 1 is 1.64 bits per heavy atom. The quantitative estimate of drug-likeness (QED) is 0.623. The van der Waals surface area contributed by atoms with E-state index in [1.807, 2.05) is 0 Å². The summed E-state index contributed by atoms with van der Waals surface area (Å²) in [5, 5.41) is 12.0. The Balaban J connectivity index is 2.53. The molecule has 1 aromatic heterocycles. The third-order valence-corrected chi connectivity index (χ3v) is 1.73. The van der Waals surface area contributed by atoms with Crippen molar-refractivity contribution < 1.29 is 9.84 Å². The molecule has 0 spiro atoms. The summed E-state index contributed by atoms with van der Waals surface area (Å²) in [6.07, 6.45) is 1.56. The Kier molecular flexibility index (Phi) is 4.15. The number of aromatic nitrogens is 1. The second-order valence-corrected chi connectivity index (χ2v) is 2.96. The van der Waals surface area contributed by atoms with Crippen molar-refractivity contribution in [1.82, 2.24) is 4.98 Å². The molecule has 1 aromatic rings. The highest BCUT2D eigenvalue weighted by atomic mass is 16.5. The molecule has 0 aliphatic rings. The third-order valence-electron chi connectivity index (χ3n) is 1.73. The van der Waals surface area contributed by atoms with Gasteiger partial charge in [0.1, 0.15) is 5.82 Å². The average Bonchev–Trinajstić information content (AvgIpc) is 2.20. The number of methoxy groups -OCH3 is 1. The van der Waals surface area contributed by atoms with E-state index in [0.717, 1.165) is 0 Å². The van der Waals surface area contributed by atoms with E-state index in [1.54, 1.807) is 25.4 Å². The zero-order valence-electron chi connectivity index (χ0n) is 8.10. The topological polar surface area (TPSA) is 80.4 Å². The number of ether oxygens (including phenoxy) is 1. The van der Waals surface area contributed by atoms with E-state index in [2.05, 4.69) is 10.3 Å². The highest BCUT2D eigenvalue weighted by Crippen LogP contribution is 2.07. The number of pyridine rings is 1. The van der Waals surface area contributed by atoms with Gasteiger partial charge in [-0.3, -0.25) is 0 Å². The lowest BCUT2D eigenvalue weighted by atomic mass is 10.3. The van der Waals surface area contributed by atoms with Gasteiger partial charge >= 0.3 is 0 Å². The van der Waals surface area contributed by atoms with Gasteiger partial charge in [0.05, 0.1) is 31.1 Å². The molecule has 0 saturated heterocycles. The van der Waals surface area contributed by atoms with E-state index in [1.165, 1.54) is 0 Å². The maximum Gasteiger partial charge on any atom is 0.126 e. The van der Waals surface area contributed by atoms with Gasteiger partial charge in [0.2, 0.25) is 0 Å². The summed E-state index contributed by atoms with van der Waals surface area (Å²) in [7, 11) is 1.58. The predicted molar refractivity (Wildman–Crippen MR) is 55.0 cm³/mol. The molecule has 0 saturated carbocycles. The Morgan fingerprint density at radius 2 is 2.43 bits per heavy atom. The van der Waals surface area contributed by atoms with Gasteiger partial charge in [0, 0.05) is 7.11 Å². The molecule has 0 aliphatic heterocycles. The summed E-state index contributed by atoms with van der Waals surface area (Å²) in [4.78, 5) is 4.05. The number of hydrogen-bond acceptors (Lipinski definition) is 5. The number of nitrogens with one attached hydrogen (secondary N) is 1.